The van der Waals surface area contributed by atoms with E-state index in [1.165, 1.54) is 72.7 Å². The van der Waals surface area contributed by atoms with Gasteiger partial charge in [0, 0.05) is 32.3 Å². The molecule has 0 fully saturated rings. The molecule has 0 aromatic heterocycles. The Morgan fingerprint density at radius 1 is 0.822 bits per heavy atom. The molecule has 0 aliphatic rings. The predicted molar refractivity (Wildman–Crippen MR) is 165 cm³/mol. The van der Waals surface area contributed by atoms with Crippen LogP contribution in [0.4, 0.5) is 14.5 Å². The predicted octanol–water partition coefficient (Wildman–Crippen LogP) is 4.55. The molecule has 4 aromatic carbocycles. The average molecular weight is 638 g/mol. The van der Waals surface area contributed by atoms with E-state index in [9.17, 15) is 26.8 Å². The molecule has 0 spiro atoms. The van der Waals surface area contributed by atoms with E-state index >= 15 is 0 Å². The summed E-state index contributed by atoms with van der Waals surface area (Å²) in [5.74, 6) is -1.62. The Labute approximate surface area is 260 Å². The topological polar surface area (TPSA) is 114 Å². The first-order valence-electron chi connectivity index (χ1n) is 14.0. The molecule has 0 aliphatic heterocycles. The Hall–Kier alpha value is -4.81. The molecular formula is C33H33F2N3O6S. The Morgan fingerprint density at radius 3 is 2.07 bits per heavy atom. The second-order valence-electron chi connectivity index (χ2n) is 10.0. The van der Waals surface area contributed by atoms with E-state index in [1.807, 2.05) is 30.3 Å². The first-order valence-corrected chi connectivity index (χ1v) is 15.5. The molecule has 0 aliphatic carbocycles. The molecule has 0 bridgehead atoms. The number of benzene rings is 4. The first-order chi connectivity index (χ1) is 21.6. The van der Waals surface area contributed by atoms with Crippen LogP contribution in [0.15, 0.2) is 108 Å². The average Bonchev–Trinajstić information content (AvgIpc) is 3.04. The fourth-order valence-electron chi connectivity index (χ4n) is 4.41. The van der Waals surface area contributed by atoms with Crippen LogP contribution in [-0.4, -0.2) is 58.0 Å². The second kappa shape index (κ2) is 15.8. The maximum absolute atomic E-state index is 13.7. The second-order valence-corrected chi connectivity index (χ2v) is 11.7. The van der Waals surface area contributed by atoms with E-state index in [0.717, 1.165) is 17.7 Å². The summed E-state index contributed by atoms with van der Waals surface area (Å²) in [4.78, 5) is 28.4. The van der Waals surface area contributed by atoms with Gasteiger partial charge in [-0.15, -0.1) is 0 Å². The molecule has 1 atom stereocenters. The quantitative estimate of drug-likeness (QED) is 0.185. The van der Waals surface area contributed by atoms with Gasteiger partial charge in [0.05, 0.1) is 11.5 Å². The van der Waals surface area contributed by atoms with Crippen LogP contribution in [0.2, 0.25) is 0 Å². The van der Waals surface area contributed by atoms with E-state index in [1.54, 1.807) is 0 Å². The van der Waals surface area contributed by atoms with Gasteiger partial charge in [-0.25, -0.2) is 17.2 Å². The van der Waals surface area contributed by atoms with Crippen molar-refractivity contribution in [1.82, 2.24) is 10.2 Å². The minimum atomic E-state index is -3.97. The van der Waals surface area contributed by atoms with Gasteiger partial charge in [-0.05, 0) is 71.8 Å². The lowest BCUT2D eigenvalue weighted by Gasteiger charge is -2.31. The van der Waals surface area contributed by atoms with Gasteiger partial charge < -0.3 is 19.7 Å². The Bertz CT molecular complexity index is 1650. The number of anilines is 1. The van der Waals surface area contributed by atoms with Gasteiger partial charge in [0.25, 0.3) is 15.9 Å². The summed E-state index contributed by atoms with van der Waals surface area (Å²) >= 11 is 0. The summed E-state index contributed by atoms with van der Waals surface area (Å²) in [7, 11) is -2.46. The molecule has 0 saturated carbocycles. The van der Waals surface area contributed by atoms with Gasteiger partial charge in [-0.3, -0.25) is 14.3 Å². The number of rotatable bonds is 15. The van der Waals surface area contributed by atoms with E-state index in [-0.39, 0.29) is 42.4 Å². The number of hydrogen-bond acceptors (Lipinski definition) is 6. The van der Waals surface area contributed by atoms with Gasteiger partial charge in [0.15, 0.2) is 6.61 Å². The molecule has 12 heteroatoms. The summed E-state index contributed by atoms with van der Waals surface area (Å²) < 4.78 is 65.5. The third-order valence-electron chi connectivity index (χ3n) is 6.74. The molecule has 0 radical (unpaired) electrons. The van der Waals surface area contributed by atoms with Gasteiger partial charge >= 0.3 is 0 Å². The van der Waals surface area contributed by atoms with Crippen molar-refractivity contribution in [3.05, 3.63) is 126 Å². The minimum absolute atomic E-state index is 0.00388. The molecule has 4 rings (SSSR count). The number of sulfonamides is 1. The number of nitrogens with zero attached hydrogens (tertiary/aromatic N) is 1. The number of hydrogen-bond donors (Lipinski definition) is 2. The lowest BCUT2D eigenvalue weighted by molar-refractivity contribution is -0.142. The fourth-order valence-corrected chi connectivity index (χ4v) is 5.47. The lowest BCUT2D eigenvalue weighted by atomic mass is 10.0. The summed E-state index contributed by atoms with van der Waals surface area (Å²) in [6.07, 6.45) is 0.209. The highest BCUT2D eigenvalue weighted by atomic mass is 32.2. The molecule has 0 heterocycles. The van der Waals surface area contributed by atoms with Crippen LogP contribution in [0, 0.1) is 11.6 Å². The summed E-state index contributed by atoms with van der Waals surface area (Å²) in [6, 6.07) is 24.2. The summed E-state index contributed by atoms with van der Waals surface area (Å²) in [5, 5.41) is 2.81. The lowest BCUT2D eigenvalue weighted by Crippen LogP contribution is -2.52. The first kappa shape index (κ1) is 33.1. The summed E-state index contributed by atoms with van der Waals surface area (Å²) in [6.45, 7) is 0.0621. The van der Waals surface area contributed by atoms with Crippen molar-refractivity contribution in [1.29, 1.82) is 0 Å². The molecule has 236 valence electrons. The van der Waals surface area contributed by atoms with Crippen LogP contribution in [0.25, 0.3) is 0 Å². The SMILES string of the molecule is COCCNC(=O)[C@@H](Cc1ccccc1)N(Cc1ccc(F)cc1)C(=O)COc1ccc(S(=O)(=O)Nc2ccc(F)cc2)cc1. The number of nitrogens with one attached hydrogen (secondary N) is 2. The highest BCUT2D eigenvalue weighted by molar-refractivity contribution is 7.92. The molecule has 9 nitrogen and oxygen atoms in total. The van der Waals surface area contributed by atoms with Crippen molar-refractivity contribution in [3.63, 3.8) is 0 Å². The van der Waals surface area contributed by atoms with Crippen LogP contribution >= 0.6 is 0 Å². The fraction of sp³-hybridized carbons (Fsp3) is 0.212. The molecule has 2 N–H and O–H groups in total. The Morgan fingerprint density at radius 2 is 1.44 bits per heavy atom. The number of carbonyl (C=O) groups is 2. The van der Waals surface area contributed by atoms with Gasteiger partial charge in [0.1, 0.15) is 23.4 Å². The highest BCUT2D eigenvalue weighted by Gasteiger charge is 2.30. The van der Waals surface area contributed by atoms with Crippen molar-refractivity contribution < 1.29 is 36.3 Å². The van der Waals surface area contributed by atoms with E-state index in [0.29, 0.717) is 5.56 Å². The monoisotopic (exact) mass is 637 g/mol. The zero-order valence-corrected chi connectivity index (χ0v) is 25.3. The summed E-state index contributed by atoms with van der Waals surface area (Å²) in [5.41, 5.74) is 1.63. The number of carbonyl (C=O) groups excluding carboxylic acids is 2. The smallest absolute Gasteiger partial charge is 0.261 e. The molecule has 4 aromatic rings. The van der Waals surface area contributed by atoms with Crippen molar-refractivity contribution in [2.45, 2.75) is 23.9 Å². The molecular weight excluding hydrogens is 604 g/mol. The van der Waals surface area contributed by atoms with E-state index in [2.05, 4.69) is 10.0 Å². The van der Waals surface area contributed by atoms with Crippen molar-refractivity contribution in [3.8, 4) is 5.75 Å². The maximum atomic E-state index is 13.7. The number of halogens is 2. The van der Waals surface area contributed by atoms with Gasteiger partial charge in [-0.2, -0.15) is 0 Å². The Kier molecular flexibility index (Phi) is 11.6. The van der Waals surface area contributed by atoms with Gasteiger partial charge in [0.2, 0.25) is 5.91 Å². The van der Waals surface area contributed by atoms with Crippen LogP contribution in [0.1, 0.15) is 11.1 Å². The van der Waals surface area contributed by atoms with Crippen molar-refractivity contribution in [2.24, 2.45) is 0 Å². The van der Waals surface area contributed by atoms with Crippen LogP contribution < -0.4 is 14.8 Å². The van der Waals surface area contributed by atoms with Crippen LogP contribution in [-0.2, 0) is 37.3 Å². The Balaban J connectivity index is 1.52. The van der Waals surface area contributed by atoms with Gasteiger partial charge in [-0.1, -0.05) is 42.5 Å². The van der Waals surface area contributed by atoms with Crippen molar-refractivity contribution in [2.75, 3.05) is 31.6 Å². The molecule has 0 saturated heterocycles. The molecule has 2 amide bonds. The third-order valence-corrected chi connectivity index (χ3v) is 8.13. The maximum Gasteiger partial charge on any atom is 0.261 e. The van der Waals surface area contributed by atoms with E-state index < -0.39 is 46.1 Å². The molecule has 45 heavy (non-hydrogen) atoms. The number of methoxy groups -OCH3 is 1. The molecule has 0 unspecified atom stereocenters. The standard InChI is InChI=1S/C33H33F2N3O6S/c1-43-20-19-36-33(40)31(21-24-5-3-2-4-6-24)38(22-25-7-9-26(34)10-8-25)32(39)23-44-29-15-17-30(18-16-29)45(41,42)37-28-13-11-27(35)12-14-28/h2-18,31,37H,19-23H2,1H3,(H,36,40)/t31-/m1/s1. The minimum Gasteiger partial charge on any atom is -0.484 e. The zero-order valence-electron chi connectivity index (χ0n) is 24.5. The number of amides is 2. The third kappa shape index (κ3) is 9.85. The number of ether oxygens (including phenoxy) is 2. The highest BCUT2D eigenvalue weighted by Crippen LogP contribution is 2.21. The largest absolute Gasteiger partial charge is 0.484 e. The van der Waals surface area contributed by atoms with E-state index in [4.69, 9.17) is 9.47 Å². The normalized spacial score (nSPS) is 11.8. The zero-order chi connectivity index (χ0) is 32.2. The van der Waals surface area contributed by atoms with Crippen LogP contribution in [0.3, 0.4) is 0 Å². The van der Waals surface area contributed by atoms with Crippen LogP contribution in [0.5, 0.6) is 5.75 Å². The van der Waals surface area contributed by atoms with Crippen molar-refractivity contribution >= 4 is 27.5 Å².